The fraction of sp³-hybridized carbons (Fsp3) is 0.833. The minimum Gasteiger partial charge on any atom is -0.304 e. The van der Waals surface area contributed by atoms with Gasteiger partial charge < -0.3 is 4.57 Å². The predicted octanol–water partition coefficient (Wildman–Crippen LogP) is 3.43. The number of H-pyrrole nitrogens is 1. The minimum absolute atomic E-state index is 0.648. The Labute approximate surface area is 103 Å². The summed E-state index contributed by atoms with van der Waals surface area (Å²) in [7, 11) is 0. The van der Waals surface area contributed by atoms with Gasteiger partial charge in [-0.15, -0.1) is 0 Å². The Balaban J connectivity index is 2.93. The Morgan fingerprint density at radius 2 is 1.81 bits per heavy atom. The molecule has 0 aliphatic rings. The van der Waals surface area contributed by atoms with Gasteiger partial charge in [0.2, 0.25) is 0 Å². The molecule has 1 heterocycles. The van der Waals surface area contributed by atoms with Gasteiger partial charge in [-0.25, -0.2) is 0 Å². The van der Waals surface area contributed by atoms with Crippen molar-refractivity contribution in [2.45, 2.75) is 47.6 Å². The SMILES string of the molecule is CCc1n[nH]c(=S)n1CC(C(C)C)C(C)C. The van der Waals surface area contributed by atoms with Crippen LogP contribution in [0.1, 0.15) is 40.4 Å². The summed E-state index contributed by atoms with van der Waals surface area (Å²) in [6.45, 7) is 12.2. The summed E-state index contributed by atoms with van der Waals surface area (Å²) in [5, 5.41) is 7.14. The third kappa shape index (κ3) is 2.94. The molecule has 0 aliphatic heterocycles. The van der Waals surface area contributed by atoms with E-state index in [0.717, 1.165) is 23.6 Å². The largest absolute Gasteiger partial charge is 0.304 e. The fourth-order valence-electron chi connectivity index (χ4n) is 2.21. The molecule has 0 saturated heterocycles. The Hall–Kier alpha value is -0.640. The van der Waals surface area contributed by atoms with Gasteiger partial charge in [-0.3, -0.25) is 5.10 Å². The van der Waals surface area contributed by atoms with E-state index in [1.807, 2.05) is 0 Å². The van der Waals surface area contributed by atoms with Gasteiger partial charge in [0.25, 0.3) is 0 Å². The van der Waals surface area contributed by atoms with Gasteiger partial charge in [0, 0.05) is 13.0 Å². The molecule has 0 amide bonds. The van der Waals surface area contributed by atoms with Crippen LogP contribution in [0, 0.1) is 22.5 Å². The van der Waals surface area contributed by atoms with Crippen molar-refractivity contribution in [3.8, 4) is 0 Å². The number of aromatic nitrogens is 3. The smallest absolute Gasteiger partial charge is 0.195 e. The van der Waals surface area contributed by atoms with Gasteiger partial charge >= 0.3 is 0 Å². The summed E-state index contributed by atoms with van der Waals surface area (Å²) in [5.41, 5.74) is 0. The number of aryl methyl sites for hydroxylation is 1. The van der Waals surface area contributed by atoms with Crippen LogP contribution in [-0.2, 0) is 13.0 Å². The molecule has 4 heteroatoms. The van der Waals surface area contributed by atoms with Gasteiger partial charge in [0.05, 0.1) is 0 Å². The van der Waals surface area contributed by atoms with Gasteiger partial charge in [-0.05, 0) is 30.0 Å². The predicted molar refractivity (Wildman–Crippen MR) is 70.0 cm³/mol. The second kappa shape index (κ2) is 5.62. The number of nitrogens with zero attached hydrogens (tertiary/aromatic N) is 2. The van der Waals surface area contributed by atoms with E-state index in [4.69, 9.17) is 12.2 Å². The zero-order chi connectivity index (χ0) is 12.3. The van der Waals surface area contributed by atoms with Crippen molar-refractivity contribution in [1.82, 2.24) is 14.8 Å². The van der Waals surface area contributed by atoms with Crippen molar-refractivity contribution in [3.63, 3.8) is 0 Å². The molecular formula is C12H23N3S. The number of rotatable bonds is 5. The maximum absolute atomic E-state index is 5.28. The first-order chi connectivity index (χ1) is 7.47. The van der Waals surface area contributed by atoms with Crippen molar-refractivity contribution in [2.75, 3.05) is 0 Å². The van der Waals surface area contributed by atoms with Crippen LogP contribution in [0.15, 0.2) is 0 Å². The maximum atomic E-state index is 5.28. The van der Waals surface area contributed by atoms with Crippen molar-refractivity contribution >= 4 is 12.2 Å². The minimum atomic E-state index is 0.648. The summed E-state index contributed by atoms with van der Waals surface area (Å²) < 4.78 is 2.91. The lowest BCUT2D eigenvalue weighted by Crippen LogP contribution is -2.23. The quantitative estimate of drug-likeness (QED) is 0.801. The molecular weight excluding hydrogens is 218 g/mol. The summed E-state index contributed by atoms with van der Waals surface area (Å²) in [5.74, 6) is 3.05. The normalized spacial score (nSPS) is 12.0. The van der Waals surface area contributed by atoms with Crippen LogP contribution in [0.4, 0.5) is 0 Å². The molecule has 16 heavy (non-hydrogen) atoms. The van der Waals surface area contributed by atoms with E-state index >= 15 is 0 Å². The van der Waals surface area contributed by atoms with Gasteiger partial charge in [-0.1, -0.05) is 34.6 Å². The number of hydrogen-bond acceptors (Lipinski definition) is 2. The average Bonchev–Trinajstić information content (AvgIpc) is 2.54. The number of hydrogen-bond donors (Lipinski definition) is 1. The first-order valence-electron chi connectivity index (χ1n) is 6.11. The highest BCUT2D eigenvalue weighted by Gasteiger charge is 2.19. The van der Waals surface area contributed by atoms with Crippen molar-refractivity contribution in [1.29, 1.82) is 0 Å². The van der Waals surface area contributed by atoms with Crippen molar-refractivity contribution < 1.29 is 0 Å². The van der Waals surface area contributed by atoms with Crippen LogP contribution in [0.5, 0.6) is 0 Å². The van der Waals surface area contributed by atoms with Crippen LogP contribution in [0.25, 0.3) is 0 Å². The third-order valence-electron chi connectivity index (χ3n) is 3.26. The Kier molecular flexibility index (Phi) is 4.71. The Morgan fingerprint density at radius 3 is 2.25 bits per heavy atom. The Morgan fingerprint density at radius 1 is 1.25 bits per heavy atom. The van der Waals surface area contributed by atoms with Crippen LogP contribution < -0.4 is 0 Å². The first-order valence-corrected chi connectivity index (χ1v) is 6.52. The molecule has 0 unspecified atom stereocenters. The molecule has 1 rings (SSSR count). The molecule has 1 aromatic heterocycles. The molecule has 0 bridgehead atoms. The zero-order valence-corrected chi connectivity index (χ0v) is 11.8. The highest BCUT2D eigenvalue weighted by atomic mass is 32.1. The molecule has 0 spiro atoms. The summed E-state index contributed by atoms with van der Waals surface area (Å²) >= 11 is 5.28. The molecule has 1 aromatic rings. The second-order valence-corrected chi connectivity index (χ2v) is 5.45. The highest BCUT2D eigenvalue weighted by molar-refractivity contribution is 7.71. The lowest BCUT2D eigenvalue weighted by Gasteiger charge is -2.25. The van der Waals surface area contributed by atoms with Crippen molar-refractivity contribution in [3.05, 3.63) is 10.6 Å². The van der Waals surface area contributed by atoms with E-state index in [1.54, 1.807) is 0 Å². The topological polar surface area (TPSA) is 33.6 Å². The van der Waals surface area contributed by atoms with E-state index < -0.39 is 0 Å². The van der Waals surface area contributed by atoms with E-state index in [0.29, 0.717) is 17.8 Å². The standard InChI is InChI=1S/C12H23N3S/c1-6-11-13-14-12(16)15(11)7-10(8(2)3)9(4)5/h8-10H,6-7H2,1-5H3,(H,14,16). The summed E-state index contributed by atoms with van der Waals surface area (Å²) in [6.07, 6.45) is 0.927. The molecule has 0 saturated carbocycles. The molecule has 0 atom stereocenters. The molecule has 0 radical (unpaired) electrons. The van der Waals surface area contributed by atoms with E-state index in [9.17, 15) is 0 Å². The monoisotopic (exact) mass is 241 g/mol. The molecule has 92 valence electrons. The lowest BCUT2D eigenvalue weighted by atomic mass is 9.85. The average molecular weight is 241 g/mol. The van der Waals surface area contributed by atoms with Crippen LogP contribution in [-0.4, -0.2) is 14.8 Å². The Bertz CT molecular complexity index is 368. The summed E-state index contributed by atoms with van der Waals surface area (Å²) in [6, 6.07) is 0. The van der Waals surface area contributed by atoms with Crippen LogP contribution in [0.2, 0.25) is 0 Å². The lowest BCUT2D eigenvalue weighted by molar-refractivity contribution is 0.248. The molecule has 0 aliphatic carbocycles. The van der Waals surface area contributed by atoms with E-state index in [1.165, 1.54) is 0 Å². The van der Waals surface area contributed by atoms with E-state index in [2.05, 4.69) is 49.4 Å². The molecule has 3 nitrogen and oxygen atoms in total. The molecule has 1 N–H and O–H groups in total. The summed E-state index contributed by atoms with van der Waals surface area (Å²) in [4.78, 5) is 0. The molecule has 0 aromatic carbocycles. The number of aromatic amines is 1. The number of nitrogens with one attached hydrogen (secondary N) is 1. The van der Waals surface area contributed by atoms with Gasteiger partial charge in [-0.2, -0.15) is 5.10 Å². The second-order valence-electron chi connectivity index (χ2n) is 5.06. The fourth-order valence-corrected chi connectivity index (χ4v) is 2.44. The zero-order valence-electron chi connectivity index (χ0n) is 10.9. The van der Waals surface area contributed by atoms with Gasteiger partial charge in [0.15, 0.2) is 4.77 Å². The third-order valence-corrected chi connectivity index (χ3v) is 3.57. The molecule has 0 fully saturated rings. The van der Waals surface area contributed by atoms with Crippen LogP contribution >= 0.6 is 12.2 Å². The van der Waals surface area contributed by atoms with Crippen LogP contribution in [0.3, 0.4) is 0 Å². The maximum Gasteiger partial charge on any atom is 0.195 e. The first kappa shape index (κ1) is 13.4. The highest BCUT2D eigenvalue weighted by Crippen LogP contribution is 2.23. The van der Waals surface area contributed by atoms with Crippen molar-refractivity contribution in [2.24, 2.45) is 17.8 Å². The van der Waals surface area contributed by atoms with E-state index in [-0.39, 0.29) is 0 Å². The van der Waals surface area contributed by atoms with Gasteiger partial charge in [0.1, 0.15) is 5.82 Å².